The maximum Gasteiger partial charge on any atom is 0.327 e. The largest absolute Gasteiger partial charge is 0.327 e. The van der Waals surface area contributed by atoms with Crippen LogP contribution >= 0.6 is 0 Å². The van der Waals surface area contributed by atoms with Crippen LogP contribution in [0.5, 0.6) is 0 Å². The van der Waals surface area contributed by atoms with Gasteiger partial charge in [-0.1, -0.05) is 6.92 Å². The lowest BCUT2D eigenvalue weighted by Gasteiger charge is -2.30. The molecule has 0 N–H and O–H groups in total. The maximum atomic E-state index is 12.0. The number of urea groups is 1. The Morgan fingerprint density at radius 3 is 2.60 bits per heavy atom. The molecule has 0 radical (unpaired) electrons. The van der Waals surface area contributed by atoms with Gasteiger partial charge in [0, 0.05) is 12.6 Å². The van der Waals surface area contributed by atoms with Crippen LogP contribution in [0.25, 0.3) is 0 Å². The van der Waals surface area contributed by atoms with Gasteiger partial charge in [-0.15, -0.1) is 0 Å². The molecule has 2 heterocycles. The zero-order valence-corrected chi connectivity index (χ0v) is 9.56. The van der Waals surface area contributed by atoms with Crippen molar-refractivity contribution in [2.45, 2.75) is 45.7 Å². The molecule has 2 rings (SSSR count). The number of rotatable bonds is 1. The van der Waals surface area contributed by atoms with Crippen LogP contribution in [0.15, 0.2) is 0 Å². The Labute approximate surface area is 90.2 Å². The fraction of sp³-hybridized carbons (Fsp3) is 0.818. The molecular weight excluding hydrogens is 192 g/mol. The van der Waals surface area contributed by atoms with E-state index in [1.165, 1.54) is 4.90 Å². The molecule has 0 bridgehead atoms. The van der Waals surface area contributed by atoms with Crippen LogP contribution in [0.3, 0.4) is 0 Å². The molecule has 0 aromatic heterocycles. The van der Waals surface area contributed by atoms with Crippen LogP contribution in [-0.2, 0) is 4.79 Å². The van der Waals surface area contributed by atoms with Gasteiger partial charge in [0.25, 0.3) is 5.91 Å². The van der Waals surface area contributed by atoms with Crippen molar-refractivity contribution in [3.8, 4) is 0 Å². The summed E-state index contributed by atoms with van der Waals surface area (Å²) in [7, 11) is 0. The number of hydrogen-bond acceptors (Lipinski definition) is 2. The van der Waals surface area contributed by atoms with Crippen molar-refractivity contribution in [2.75, 3.05) is 6.54 Å². The predicted molar refractivity (Wildman–Crippen MR) is 56.3 cm³/mol. The van der Waals surface area contributed by atoms with Gasteiger partial charge in [-0.3, -0.25) is 9.69 Å². The smallest absolute Gasteiger partial charge is 0.312 e. The van der Waals surface area contributed by atoms with Crippen LogP contribution in [0.2, 0.25) is 0 Å². The van der Waals surface area contributed by atoms with Gasteiger partial charge in [-0.25, -0.2) is 4.79 Å². The quantitative estimate of drug-likeness (QED) is 0.615. The second-order valence-corrected chi connectivity index (χ2v) is 4.92. The predicted octanol–water partition coefficient (Wildman–Crippen LogP) is 1.46. The molecule has 15 heavy (non-hydrogen) atoms. The number of hydrogen-bond donors (Lipinski definition) is 0. The summed E-state index contributed by atoms with van der Waals surface area (Å²) in [5, 5.41) is 0. The van der Waals surface area contributed by atoms with Crippen LogP contribution in [0, 0.1) is 5.92 Å². The number of amides is 3. The second-order valence-electron chi connectivity index (χ2n) is 4.92. The normalized spacial score (nSPS) is 31.5. The van der Waals surface area contributed by atoms with E-state index < -0.39 is 0 Å². The molecule has 2 fully saturated rings. The van der Waals surface area contributed by atoms with Crippen molar-refractivity contribution in [1.82, 2.24) is 9.80 Å². The van der Waals surface area contributed by atoms with Gasteiger partial charge in [-0.2, -0.15) is 0 Å². The molecule has 2 aliphatic heterocycles. The number of piperidine rings is 1. The molecule has 3 amide bonds. The summed E-state index contributed by atoms with van der Waals surface area (Å²) in [6.45, 7) is 6.65. The summed E-state index contributed by atoms with van der Waals surface area (Å²) in [6, 6.07) is -0.290. The van der Waals surface area contributed by atoms with Gasteiger partial charge in [0.2, 0.25) is 0 Å². The third-order valence-corrected chi connectivity index (χ3v) is 3.36. The van der Waals surface area contributed by atoms with Gasteiger partial charge < -0.3 is 4.90 Å². The molecule has 2 saturated heterocycles. The average Bonchev–Trinajstić information content (AvgIpc) is 2.39. The standard InChI is InChI=1S/C11H18N2O2/c1-7(2)13-10(14)9-6-8(3)4-5-12(9)11(13)15/h7-9H,4-6H2,1-3H3. The molecule has 84 valence electrons. The summed E-state index contributed by atoms with van der Waals surface area (Å²) >= 11 is 0. The molecule has 4 heteroatoms. The zero-order valence-electron chi connectivity index (χ0n) is 9.56. The minimum absolute atomic E-state index is 0.00144. The molecule has 0 saturated carbocycles. The Hall–Kier alpha value is -1.06. The van der Waals surface area contributed by atoms with E-state index in [0.717, 1.165) is 19.4 Å². The van der Waals surface area contributed by atoms with Crippen LogP contribution in [0.4, 0.5) is 4.79 Å². The van der Waals surface area contributed by atoms with Crippen molar-refractivity contribution in [3.63, 3.8) is 0 Å². The molecule has 2 aliphatic rings. The fourth-order valence-electron chi connectivity index (χ4n) is 2.47. The Morgan fingerprint density at radius 1 is 1.33 bits per heavy atom. The van der Waals surface area contributed by atoms with Crippen molar-refractivity contribution in [3.05, 3.63) is 0 Å². The first kappa shape index (κ1) is 10.5. The second kappa shape index (κ2) is 3.51. The summed E-state index contributed by atoms with van der Waals surface area (Å²) in [4.78, 5) is 27.1. The lowest BCUT2D eigenvalue weighted by molar-refractivity contribution is -0.130. The molecule has 4 nitrogen and oxygen atoms in total. The summed E-state index contributed by atoms with van der Waals surface area (Å²) in [6.07, 6.45) is 1.84. The van der Waals surface area contributed by atoms with Gasteiger partial charge in [0.1, 0.15) is 6.04 Å². The number of carbonyl (C=O) groups is 2. The Kier molecular flexibility index (Phi) is 2.44. The van der Waals surface area contributed by atoms with E-state index in [9.17, 15) is 9.59 Å². The summed E-state index contributed by atoms with van der Waals surface area (Å²) in [5.74, 6) is 0.552. The molecule has 2 unspecified atom stereocenters. The first-order valence-corrected chi connectivity index (χ1v) is 5.66. The molecule has 0 aromatic carbocycles. The molecule has 2 atom stereocenters. The van der Waals surface area contributed by atoms with E-state index >= 15 is 0 Å². The van der Waals surface area contributed by atoms with E-state index in [-0.39, 0.29) is 24.0 Å². The van der Waals surface area contributed by atoms with E-state index in [1.54, 1.807) is 4.90 Å². The number of carbonyl (C=O) groups excluding carboxylic acids is 2. The lowest BCUT2D eigenvalue weighted by Crippen LogP contribution is -2.41. The summed E-state index contributed by atoms with van der Waals surface area (Å²) in [5.41, 5.74) is 0. The van der Waals surface area contributed by atoms with E-state index in [0.29, 0.717) is 5.92 Å². The molecule has 0 aromatic rings. The first-order valence-electron chi connectivity index (χ1n) is 5.66. The fourth-order valence-corrected chi connectivity index (χ4v) is 2.47. The minimum Gasteiger partial charge on any atom is -0.312 e. The third kappa shape index (κ3) is 1.52. The summed E-state index contributed by atoms with van der Waals surface area (Å²) < 4.78 is 0. The first-order chi connectivity index (χ1) is 7.02. The highest BCUT2D eigenvalue weighted by molar-refractivity contribution is 6.04. The highest BCUT2D eigenvalue weighted by Crippen LogP contribution is 2.30. The Balaban J connectivity index is 2.23. The Morgan fingerprint density at radius 2 is 2.00 bits per heavy atom. The van der Waals surface area contributed by atoms with Crippen molar-refractivity contribution in [2.24, 2.45) is 5.92 Å². The zero-order chi connectivity index (χ0) is 11.2. The van der Waals surface area contributed by atoms with Crippen LogP contribution in [0.1, 0.15) is 33.6 Å². The van der Waals surface area contributed by atoms with E-state index in [4.69, 9.17) is 0 Å². The van der Waals surface area contributed by atoms with Gasteiger partial charge >= 0.3 is 6.03 Å². The SMILES string of the molecule is CC1CCN2C(=O)N(C(C)C)C(=O)C2C1. The average molecular weight is 210 g/mol. The van der Waals surface area contributed by atoms with Crippen molar-refractivity contribution in [1.29, 1.82) is 0 Å². The number of nitrogens with zero attached hydrogens (tertiary/aromatic N) is 2. The third-order valence-electron chi connectivity index (χ3n) is 3.36. The van der Waals surface area contributed by atoms with Gasteiger partial charge in [0.05, 0.1) is 0 Å². The Bertz CT molecular complexity index is 301. The van der Waals surface area contributed by atoms with Crippen molar-refractivity contribution < 1.29 is 9.59 Å². The highest BCUT2D eigenvalue weighted by Gasteiger charge is 2.47. The molecule has 0 spiro atoms. The maximum absolute atomic E-state index is 12.0. The minimum atomic E-state index is -0.177. The lowest BCUT2D eigenvalue weighted by atomic mass is 9.93. The van der Waals surface area contributed by atoms with Crippen LogP contribution in [-0.4, -0.2) is 40.4 Å². The monoisotopic (exact) mass is 210 g/mol. The molecule has 0 aliphatic carbocycles. The topological polar surface area (TPSA) is 40.6 Å². The van der Waals surface area contributed by atoms with Gasteiger partial charge in [0.15, 0.2) is 0 Å². The molecular formula is C11H18N2O2. The van der Waals surface area contributed by atoms with Crippen molar-refractivity contribution >= 4 is 11.9 Å². The number of imide groups is 1. The van der Waals surface area contributed by atoms with E-state index in [1.807, 2.05) is 13.8 Å². The van der Waals surface area contributed by atoms with Crippen LogP contribution < -0.4 is 0 Å². The van der Waals surface area contributed by atoms with E-state index in [2.05, 4.69) is 6.92 Å². The number of fused-ring (bicyclic) bond motifs is 1. The highest BCUT2D eigenvalue weighted by atomic mass is 16.2. The van der Waals surface area contributed by atoms with Gasteiger partial charge in [-0.05, 0) is 32.6 Å².